The molecule has 0 amide bonds. The third kappa shape index (κ3) is 3.02. The SMILES string of the molecule is CC(C)CNS(=O)(=O)c1cc(C(=O)O)cc2c1CCC2. The lowest BCUT2D eigenvalue weighted by Crippen LogP contribution is -2.28. The predicted octanol–water partition coefficient (Wildman–Crippen LogP) is 1.81. The van der Waals surface area contributed by atoms with Crippen molar-refractivity contribution in [3.63, 3.8) is 0 Å². The van der Waals surface area contributed by atoms with Gasteiger partial charge in [0.2, 0.25) is 10.0 Å². The second-order valence-electron chi connectivity index (χ2n) is 5.52. The van der Waals surface area contributed by atoms with Crippen LogP contribution in [0.2, 0.25) is 0 Å². The molecule has 0 aromatic heterocycles. The van der Waals surface area contributed by atoms with Crippen molar-refractivity contribution in [2.75, 3.05) is 6.54 Å². The molecule has 0 unspecified atom stereocenters. The number of benzene rings is 1. The van der Waals surface area contributed by atoms with Gasteiger partial charge >= 0.3 is 5.97 Å². The maximum atomic E-state index is 12.4. The van der Waals surface area contributed by atoms with E-state index in [0.29, 0.717) is 13.0 Å². The Morgan fingerprint density at radius 3 is 2.65 bits per heavy atom. The van der Waals surface area contributed by atoms with E-state index in [1.807, 2.05) is 13.8 Å². The first kappa shape index (κ1) is 15.0. The molecule has 5 nitrogen and oxygen atoms in total. The second kappa shape index (κ2) is 5.54. The molecular weight excluding hydrogens is 278 g/mol. The molecule has 20 heavy (non-hydrogen) atoms. The minimum absolute atomic E-state index is 0.0376. The highest BCUT2D eigenvalue weighted by Gasteiger charge is 2.26. The zero-order valence-corrected chi connectivity index (χ0v) is 12.5. The van der Waals surface area contributed by atoms with Crippen molar-refractivity contribution in [1.82, 2.24) is 4.72 Å². The molecule has 1 aliphatic rings. The van der Waals surface area contributed by atoms with Gasteiger partial charge in [-0.2, -0.15) is 0 Å². The van der Waals surface area contributed by atoms with Crippen molar-refractivity contribution < 1.29 is 18.3 Å². The number of hydrogen-bond donors (Lipinski definition) is 2. The number of carboxylic acid groups (broad SMARTS) is 1. The summed E-state index contributed by atoms with van der Waals surface area (Å²) in [5.41, 5.74) is 1.65. The Kier molecular flexibility index (Phi) is 4.15. The van der Waals surface area contributed by atoms with Gasteiger partial charge in [-0.3, -0.25) is 0 Å². The fourth-order valence-corrected chi connectivity index (χ4v) is 3.93. The standard InChI is InChI=1S/C14H19NO4S/c1-9(2)8-15-20(18,19)13-7-11(14(16)17)6-10-4-3-5-12(10)13/h6-7,9,15H,3-5,8H2,1-2H3,(H,16,17). The van der Waals surface area contributed by atoms with Crippen molar-refractivity contribution in [3.8, 4) is 0 Å². The smallest absolute Gasteiger partial charge is 0.335 e. The zero-order chi connectivity index (χ0) is 14.9. The molecule has 0 aliphatic heterocycles. The highest BCUT2D eigenvalue weighted by molar-refractivity contribution is 7.89. The Hall–Kier alpha value is -1.40. The van der Waals surface area contributed by atoms with Crippen LogP contribution in [0.25, 0.3) is 0 Å². The van der Waals surface area contributed by atoms with Gasteiger partial charge in [-0.15, -0.1) is 0 Å². The maximum Gasteiger partial charge on any atom is 0.335 e. The molecule has 1 aliphatic carbocycles. The number of carboxylic acids is 1. The minimum Gasteiger partial charge on any atom is -0.478 e. The average Bonchev–Trinajstić information content (AvgIpc) is 2.83. The number of rotatable bonds is 5. The summed E-state index contributed by atoms with van der Waals surface area (Å²) in [6.07, 6.45) is 2.29. The van der Waals surface area contributed by atoms with E-state index < -0.39 is 16.0 Å². The number of sulfonamides is 1. The lowest BCUT2D eigenvalue weighted by Gasteiger charge is -2.13. The molecule has 1 aromatic rings. The number of aromatic carboxylic acids is 1. The summed E-state index contributed by atoms with van der Waals surface area (Å²) in [7, 11) is -3.65. The molecule has 0 spiro atoms. The zero-order valence-electron chi connectivity index (χ0n) is 11.6. The van der Waals surface area contributed by atoms with Gasteiger partial charge in [0.15, 0.2) is 0 Å². The maximum absolute atomic E-state index is 12.4. The molecule has 0 fully saturated rings. The Balaban J connectivity index is 2.47. The first-order valence-corrected chi connectivity index (χ1v) is 8.18. The number of nitrogens with one attached hydrogen (secondary N) is 1. The first-order valence-electron chi connectivity index (χ1n) is 6.70. The Labute approximate surface area is 119 Å². The monoisotopic (exact) mass is 297 g/mol. The lowest BCUT2D eigenvalue weighted by molar-refractivity contribution is 0.0696. The van der Waals surface area contributed by atoms with E-state index in [-0.39, 0.29) is 16.4 Å². The van der Waals surface area contributed by atoms with E-state index in [9.17, 15) is 13.2 Å². The van der Waals surface area contributed by atoms with Crippen LogP contribution in [0, 0.1) is 5.92 Å². The van der Waals surface area contributed by atoms with E-state index in [4.69, 9.17) is 5.11 Å². The lowest BCUT2D eigenvalue weighted by atomic mass is 10.1. The molecule has 0 saturated carbocycles. The van der Waals surface area contributed by atoms with Crippen LogP contribution in [0.3, 0.4) is 0 Å². The molecule has 2 rings (SSSR count). The van der Waals surface area contributed by atoms with Crippen LogP contribution in [0.4, 0.5) is 0 Å². The van der Waals surface area contributed by atoms with Gasteiger partial charge < -0.3 is 5.11 Å². The summed E-state index contributed by atoms with van der Waals surface area (Å²) in [5.74, 6) is -0.902. The Morgan fingerprint density at radius 2 is 2.05 bits per heavy atom. The molecular formula is C14H19NO4S. The normalized spacial score (nSPS) is 14.6. The van der Waals surface area contributed by atoms with Crippen molar-refractivity contribution >= 4 is 16.0 Å². The van der Waals surface area contributed by atoms with Crippen LogP contribution in [0.1, 0.15) is 41.8 Å². The molecule has 0 radical (unpaired) electrons. The summed E-state index contributed by atoms with van der Waals surface area (Å²) < 4.78 is 27.3. The van der Waals surface area contributed by atoms with E-state index in [1.54, 1.807) is 6.07 Å². The molecule has 0 saturated heterocycles. The first-order chi connectivity index (χ1) is 9.31. The highest BCUT2D eigenvalue weighted by Crippen LogP contribution is 2.30. The molecule has 110 valence electrons. The van der Waals surface area contributed by atoms with Gasteiger partial charge in [0.05, 0.1) is 10.5 Å². The van der Waals surface area contributed by atoms with Crippen LogP contribution in [0.5, 0.6) is 0 Å². The molecule has 0 atom stereocenters. The molecule has 1 aromatic carbocycles. The number of carbonyl (C=O) groups is 1. The third-order valence-electron chi connectivity index (χ3n) is 3.39. The van der Waals surface area contributed by atoms with Crippen LogP contribution in [-0.2, 0) is 22.9 Å². The van der Waals surface area contributed by atoms with Crippen molar-refractivity contribution in [2.45, 2.75) is 38.0 Å². The third-order valence-corrected chi connectivity index (χ3v) is 4.88. The summed E-state index contributed by atoms with van der Waals surface area (Å²) >= 11 is 0. The summed E-state index contributed by atoms with van der Waals surface area (Å²) in [4.78, 5) is 11.3. The van der Waals surface area contributed by atoms with Crippen LogP contribution in [-0.4, -0.2) is 26.0 Å². The average molecular weight is 297 g/mol. The number of hydrogen-bond acceptors (Lipinski definition) is 3. The topological polar surface area (TPSA) is 83.5 Å². The van der Waals surface area contributed by atoms with Crippen molar-refractivity contribution in [2.24, 2.45) is 5.92 Å². The predicted molar refractivity (Wildman–Crippen MR) is 75.5 cm³/mol. The largest absolute Gasteiger partial charge is 0.478 e. The van der Waals surface area contributed by atoms with Crippen LogP contribution in [0.15, 0.2) is 17.0 Å². The Bertz CT molecular complexity index is 635. The molecule has 2 N–H and O–H groups in total. The highest BCUT2D eigenvalue weighted by atomic mass is 32.2. The fourth-order valence-electron chi connectivity index (χ4n) is 2.38. The van der Waals surface area contributed by atoms with Gasteiger partial charge in [0.25, 0.3) is 0 Å². The van der Waals surface area contributed by atoms with Crippen molar-refractivity contribution in [3.05, 3.63) is 28.8 Å². The van der Waals surface area contributed by atoms with E-state index >= 15 is 0 Å². The van der Waals surface area contributed by atoms with E-state index in [0.717, 1.165) is 24.0 Å². The van der Waals surface area contributed by atoms with Crippen LogP contribution < -0.4 is 4.72 Å². The number of fused-ring (bicyclic) bond motifs is 1. The van der Waals surface area contributed by atoms with Gasteiger partial charge in [-0.25, -0.2) is 17.9 Å². The molecule has 6 heteroatoms. The quantitative estimate of drug-likeness (QED) is 0.868. The molecule has 0 bridgehead atoms. The van der Waals surface area contributed by atoms with Crippen LogP contribution >= 0.6 is 0 Å². The minimum atomic E-state index is -3.65. The fraction of sp³-hybridized carbons (Fsp3) is 0.500. The Morgan fingerprint density at radius 1 is 1.35 bits per heavy atom. The summed E-state index contributed by atoms with van der Waals surface area (Å²) in [5, 5.41) is 9.11. The van der Waals surface area contributed by atoms with E-state index in [1.165, 1.54) is 6.07 Å². The molecule has 0 heterocycles. The van der Waals surface area contributed by atoms with Gasteiger partial charge in [0, 0.05) is 6.54 Å². The number of aryl methyl sites for hydroxylation is 1. The summed E-state index contributed by atoms with van der Waals surface area (Å²) in [6, 6.07) is 2.86. The van der Waals surface area contributed by atoms with Gasteiger partial charge in [0.1, 0.15) is 0 Å². The van der Waals surface area contributed by atoms with Gasteiger partial charge in [-0.1, -0.05) is 13.8 Å². The summed E-state index contributed by atoms with van der Waals surface area (Å²) in [6.45, 7) is 4.18. The van der Waals surface area contributed by atoms with Gasteiger partial charge in [-0.05, 0) is 48.4 Å². The second-order valence-corrected chi connectivity index (χ2v) is 7.25. The van der Waals surface area contributed by atoms with Crippen molar-refractivity contribution in [1.29, 1.82) is 0 Å². The van der Waals surface area contributed by atoms with E-state index in [2.05, 4.69) is 4.72 Å².